The van der Waals surface area contributed by atoms with Crippen LogP contribution in [0.2, 0.25) is 0 Å². The molecule has 0 rings (SSSR count). The van der Waals surface area contributed by atoms with E-state index >= 15 is 0 Å². The lowest BCUT2D eigenvalue weighted by Gasteiger charge is -2.07. The molecule has 0 fully saturated rings. The Balaban J connectivity index is 3.75. The van der Waals surface area contributed by atoms with Crippen molar-refractivity contribution in [1.82, 2.24) is 9.84 Å². The molecule has 0 atom stereocenters. The molecule has 50 valence electrons. The second kappa shape index (κ2) is 2.43. The fourth-order valence-corrected chi connectivity index (χ4v) is 0.995. The van der Waals surface area contributed by atoms with Gasteiger partial charge in [-0.3, -0.25) is 0 Å². The molecule has 0 aliphatic heterocycles. The lowest BCUT2D eigenvalue weighted by Crippen LogP contribution is -2.35. The summed E-state index contributed by atoms with van der Waals surface area (Å²) in [5, 5.41) is 1.37. The van der Waals surface area contributed by atoms with Crippen LogP contribution < -0.4 is 4.83 Å². The van der Waals surface area contributed by atoms with E-state index in [0.29, 0.717) is 0 Å². The zero-order chi connectivity index (χ0) is 6.78. The van der Waals surface area contributed by atoms with Gasteiger partial charge in [0.2, 0.25) is 10.0 Å². The molecule has 0 aromatic heterocycles. The summed E-state index contributed by atoms with van der Waals surface area (Å²) in [7, 11) is 0.177. The zero-order valence-electron chi connectivity index (χ0n) is 5.17. The van der Waals surface area contributed by atoms with Crippen LogP contribution in [0.5, 0.6) is 0 Å². The minimum Gasteiger partial charge on any atom is -0.237 e. The van der Waals surface area contributed by atoms with Gasteiger partial charge in [0.05, 0.1) is 6.26 Å². The second-order valence-corrected chi connectivity index (χ2v) is 3.48. The molecule has 0 saturated carbocycles. The largest absolute Gasteiger partial charge is 0.237 e. The quantitative estimate of drug-likeness (QED) is 0.498. The van der Waals surface area contributed by atoms with Crippen LogP contribution in [0.1, 0.15) is 0 Å². The summed E-state index contributed by atoms with van der Waals surface area (Å²) in [4.78, 5) is 2.19. The second-order valence-electron chi connectivity index (χ2n) is 1.76. The van der Waals surface area contributed by atoms with Crippen LogP contribution in [-0.2, 0) is 10.0 Å². The minimum absolute atomic E-state index is 1.10. The first-order chi connectivity index (χ1) is 3.42. The van der Waals surface area contributed by atoms with Gasteiger partial charge in [0, 0.05) is 14.1 Å². The van der Waals surface area contributed by atoms with Crippen molar-refractivity contribution in [3.63, 3.8) is 0 Å². The van der Waals surface area contributed by atoms with Crippen LogP contribution in [0.25, 0.3) is 0 Å². The van der Waals surface area contributed by atoms with Gasteiger partial charge in [0.25, 0.3) is 0 Å². The standard InChI is InChI=1S/C3H10N2O2S/c1-5(2)4-8(3,6)7/h4H,1-3H3. The van der Waals surface area contributed by atoms with Crippen molar-refractivity contribution in [2.75, 3.05) is 20.4 Å². The lowest BCUT2D eigenvalue weighted by atomic mass is 11.2. The van der Waals surface area contributed by atoms with Crippen molar-refractivity contribution in [2.45, 2.75) is 0 Å². The number of nitrogens with zero attached hydrogens (tertiary/aromatic N) is 1. The molecular formula is C3H10N2O2S. The van der Waals surface area contributed by atoms with Gasteiger partial charge in [-0.15, -0.1) is 4.83 Å². The minimum atomic E-state index is -3.05. The third kappa shape index (κ3) is 5.87. The average Bonchev–Trinajstić information content (AvgIpc) is 1.21. The molecule has 5 heteroatoms. The number of hydrazine groups is 1. The van der Waals surface area contributed by atoms with Gasteiger partial charge in [-0.1, -0.05) is 0 Å². The molecule has 8 heavy (non-hydrogen) atoms. The summed E-state index contributed by atoms with van der Waals surface area (Å²) in [6.45, 7) is 0. The number of rotatable bonds is 2. The number of sulfonamides is 1. The van der Waals surface area contributed by atoms with Gasteiger partial charge in [0.1, 0.15) is 0 Å². The molecule has 0 bridgehead atoms. The van der Waals surface area contributed by atoms with E-state index in [1.165, 1.54) is 5.01 Å². The predicted octanol–water partition coefficient (Wildman–Crippen LogP) is -0.988. The van der Waals surface area contributed by atoms with Crippen molar-refractivity contribution in [3.8, 4) is 0 Å². The van der Waals surface area contributed by atoms with Crippen molar-refractivity contribution in [1.29, 1.82) is 0 Å². The molecule has 0 radical (unpaired) electrons. The summed E-state index contributed by atoms with van der Waals surface area (Å²) in [6, 6.07) is 0. The molecule has 0 spiro atoms. The first-order valence-corrected chi connectivity index (χ1v) is 3.96. The Kier molecular flexibility index (Phi) is 2.39. The third-order valence-corrected chi connectivity index (χ3v) is 1.05. The van der Waals surface area contributed by atoms with Crippen LogP contribution in [0.3, 0.4) is 0 Å². The SMILES string of the molecule is CN(C)NS(C)(=O)=O. The van der Waals surface area contributed by atoms with Crippen molar-refractivity contribution < 1.29 is 8.42 Å². The van der Waals surface area contributed by atoms with Gasteiger partial charge >= 0.3 is 0 Å². The molecule has 0 unspecified atom stereocenters. The monoisotopic (exact) mass is 138 g/mol. The molecule has 0 heterocycles. The van der Waals surface area contributed by atoms with Crippen LogP contribution in [0.4, 0.5) is 0 Å². The maximum atomic E-state index is 10.3. The third-order valence-electron chi connectivity index (χ3n) is 0.348. The highest BCUT2D eigenvalue weighted by molar-refractivity contribution is 7.88. The van der Waals surface area contributed by atoms with Gasteiger partial charge in [0.15, 0.2) is 0 Å². The van der Waals surface area contributed by atoms with Gasteiger partial charge in [-0.25, -0.2) is 13.4 Å². The van der Waals surface area contributed by atoms with E-state index in [1.807, 2.05) is 0 Å². The Morgan fingerprint density at radius 3 is 1.75 bits per heavy atom. The van der Waals surface area contributed by atoms with E-state index in [1.54, 1.807) is 14.1 Å². The molecule has 0 aliphatic rings. The summed E-state index contributed by atoms with van der Waals surface area (Å²) in [5.41, 5.74) is 0. The number of hydrogen-bond acceptors (Lipinski definition) is 3. The molecule has 0 aromatic carbocycles. The van der Waals surface area contributed by atoms with E-state index in [9.17, 15) is 8.42 Å². The van der Waals surface area contributed by atoms with E-state index in [0.717, 1.165) is 6.26 Å². The van der Waals surface area contributed by atoms with Crippen LogP contribution in [0, 0.1) is 0 Å². The van der Waals surface area contributed by atoms with E-state index in [2.05, 4.69) is 4.83 Å². The summed E-state index contributed by atoms with van der Waals surface area (Å²) in [5.74, 6) is 0. The van der Waals surface area contributed by atoms with Crippen molar-refractivity contribution in [2.24, 2.45) is 0 Å². The highest BCUT2D eigenvalue weighted by atomic mass is 32.2. The van der Waals surface area contributed by atoms with Crippen LogP contribution in [0.15, 0.2) is 0 Å². The highest BCUT2D eigenvalue weighted by Gasteiger charge is 1.98. The predicted molar refractivity (Wildman–Crippen MR) is 31.7 cm³/mol. The molecule has 4 nitrogen and oxygen atoms in total. The van der Waals surface area contributed by atoms with E-state index in [4.69, 9.17) is 0 Å². The maximum absolute atomic E-state index is 10.3. The smallest absolute Gasteiger partial charge is 0.221 e. The van der Waals surface area contributed by atoms with E-state index < -0.39 is 10.0 Å². The average molecular weight is 138 g/mol. The molecule has 0 aliphatic carbocycles. The first kappa shape index (κ1) is 7.87. The maximum Gasteiger partial charge on any atom is 0.221 e. The Labute approximate surface area is 49.5 Å². The lowest BCUT2D eigenvalue weighted by molar-refractivity contribution is 0.365. The summed E-state index contributed by atoms with van der Waals surface area (Å²) >= 11 is 0. The van der Waals surface area contributed by atoms with Gasteiger partial charge in [-0.2, -0.15) is 0 Å². The normalized spacial score (nSPS) is 12.5. The Morgan fingerprint density at radius 1 is 1.38 bits per heavy atom. The topological polar surface area (TPSA) is 49.4 Å². The molecule has 0 saturated heterocycles. The van der Waals surface area contributed by atoms with Crippen LogP contribution in [-0.4, -0.2) is 33.8 Å². The Morgan fingerprint density at radius 2 is 1.75 bits per heavy atom. The molecule has 0 aromatic rings. The van der Waals surface area contributed by atoms with Gasteiger partial charge < -0.3 is 0 Å². The number of hydrogen-bond donors (Lipinski definition) is 1. The molecule has 1 N–H and O–H groups in total. The Hall–Kier alpha value is -0.130. The van der Waals surface area contributed by atoms with Crippen molar-refractivity contribution >= 4 is 10.0 Å². The molecule has 0 amide bonds. The summed E-state index contributed by atoms with van der Waals surface area (Å²) < 4.78 is 20.6. The zero-order valence-corrected chi connectivity index (χ0v) is 5.99. The Bertz CT molecular complexity index is 149. The van der Waals surface area contributed by atoms with Gasteiger partial charge in [-0.05, 0) is 0 Å². The summed E-state index contributed by atoms with van der Waals surface area (Å²) in [6.07, 6.45) is 1.10. The van der Waals surface area contributed by atoms with Crippen LogP contribution >= 0.6 is 0 Å². The van der Waals surface area contributed by atoms with Crippen molar-refractivity contribution in [3.05, 3.63) is 0 Å². The first-order valence-electron chi connectivity index (χ1n) is 2.06. The fourth-order valence-electron chi connectivity index (χ4n) is 0.332. The number of nitrogens with one attached hydrogen (secondary N) is 1. The van der Waals surface area contributed by atoms with E-state index in [-0.39, 0.29) is 0 Å². The highest BCUT2D eigenvalue weighted by Crippen LogP contribution is 1.72. The fraction of sp³-hybridized carbons (Fsp3) is 1.00. The molecular weight excluding hydrogens is 128 g/mol.